The number of nitrogens with zero attached hydrogens (tertiary/aromatic N) is 1. The molecular formula is C14H11Cl2NO. The summed E-state index contributed by atoms with van der Waals surface area (Å²) in [6, 6.07) is 9.74. The third kappa shape index (κ3) is 1.57. The van der Waals surface area contributed by atoms with Crippen molar-refractivity contribution in [2.24, 2.45) is 7.05 Å². The first kappa shape index (κ1) is 11.7. The van der Waals surface area contributed by atoms with Crippen LogP contribution >= 0.6 is 23.2 Å². The second-order valence-electron chi connectivity index (χ2n) is 4.22. The smallest absolute Gasteiger partial charge is 0.139 e. The molecular weight excluding hydrogens is 269 g/mol. The molecule has 0 saturated heterocycles. The number of halogens is 2. The maximum absolute atomic E-state index is 6.19. The van der Waals surface area contributed by atoms with Gasteiger partial charge in [0.25, 0.3) is 0 Å². The van der Waals surface area contributed by atoms with Crippen LogP contribution in [0.1, 0.15) is 0 Å². The first-order valence-electron chi connectivity index (χ1n) is 5.53. The maximum Gasteiger partial charge on any atom is 0.139 e. The van der Waals surface area contributed by atoms with Gasteiger partial charge in [0.05, 0.1) is 17.6 Å². The summed E-state index contributed by atoms with van der Waals surface area (Å²) in [5.41, 5.74) is 2.20. The molecule has 0 saturated carbocycles. The van der Waals surface area contributed by atoms with Crippen LogP contribution < -0.4 is 4.74 Å². The van der Waals surface area contributed by atoms with Gasteiger partial charge in [0.1, 0.15) is 5.75 Å². The monoisotopic (exact) mass is 279 g/mol. The number of aryl methyl sites for hydroxylation is 1. The highest BCUT2D eigenvalue weighted by Crippen LogP contribution is 2.36. The Morgan fingerprint density at radius 1 is 1.00 bits per heavy atom. The van der Waals surface area contributed by atoms with E-state index in [1.807, 2.05) is 37.4 Å². The molecule has 92 valence electrons. The largest absolute Gasteiger partial charge is 0.495 e. The molecule has 4 heteroatoms. The summed E-state index contributed by atoms with van der Waals surface area (Å²) in [6.07, 6.45) is 0. The molecule has 18 heavy (non-hydrogen) atoms. The molecule has 0 unspecified atom stereocenters. The Labute approximate surface area is 115 Å². The summed E-state index contributed by atoms with van der Waals surface area (Å²) in [5, 5.41) is 3.52. The van der Waals surface area contributed by atoms with Crippen LogP contribution in [0.3, 0.4) is 0 Å². The lowest BCUT2D eigenvalue weighted by molar-refractivity contribution is 0.415. The van der Waals surface area contributed by atoms with Gasteiger partial charge in [-0.2, -0.15) is 0 Å². The van der Waals surface area contributed by atoms with Gasteiger partial charge in [-0.1, -0.05) is 23.2 Å². The normalized spacial score (nSPS) is 11.3. The SMILES string of the molecule is COc1cc2c(cc1Cl)c1cc(Cl)ccc1n2C. The van der Waals surface area contributed by atoms with E-state index in [1.54, 1.807) is 7.11 Å². The van der Waals surface area contributed by atoms with Crippen molar-refractivity contribution >= 4 is 45.0 Å². The molecule has 0 aliphatic carbocycles. The first-order valence-corrected chi connectivity index (χ1v) is 6.28. The zero-order valence-corrected chi connectivity index (χ0v) is 11.5. The molecule has 0 atom stereocenters. The lowest BCUT2D eigenvalue weighted by atomic mass is 10.1. The molecule has 0 amide bonds. The van der Waals surface area contributed by atoms with Crippen LogP contribution in [0.4, 0.5) is 0 Å². The molecule has 1 heterocycles. The summed E-state index contributed by atoms with van der Waals surface area (Å²) in [5.74, 6) is 0.682. The molecule has 0 fully saturated rings. The number of ether oxygens (including phenoxy) is 1. The molecule has 0 spiro atoms. The van der Waals surface area contributed by atoms with Crippen LogP contribution in [0.5, 0.6) is 5.75 Å². The fourth-order valence-electron chi connectivity index (χ4n) is 2.34. The highest BCUT2D eigenvalue weighted by molar-refractivity contribution is 6.34. The molecule has 0 radical (unpaired) electrons. The Bertz CT molecular complexity index is 761. The van der Waals surface area contributed by atoms with Gasteiger partial charge in [-0.15, -0.1) is 0 Å². The number of hydrogen-bond acceptors (Lipinski definition) is 1. The number of fused-ring (bicyclic) bond motifs is 3. The van der Waals surface area contributed by atoms with E-state index in [4.69, 9.17) is 27.9 Å². The van der Waals surface area contributed by atoms with E-state index in [1.165, 1.54) is 0 Å². The molecule has 0 bridgehead atoms. The Kier molecular flexibility index (Phi) is 2.65. The fourth-order valence-corrected chi connectivity index (χ4v) is 2.75. The minimum atomic E-state index is 0.609. The molecule has 1 aromatic heterocycles. The predicted octanol–water partition coefficient (Wildman–Crippen LogP) is 4.65. The third-order valence-electron chi connectivity index (χ3n) is 3.24. The minimum absolute atomic E-state index is 0.609. The van der Waals surface area contributed by atoms with Crippen LogP contribution in [-0.4, -0.2) is 11.7 Å². The van der Waals surface area contributed by atoms with Crippen molar-refractivity contribution in [3.05, 3.63) is 40.4 Å². The third-order valence-corrected chi connectivity index (χ3v) is 3.77. The van der Waals surface area contributed by atoms with Crippen molar-refractivity contribution in [2.45, 2.75) is 0 Å². The van der Waals surface area contributed by atoms with E-state index >= 15 is 0 Å². The van der Waals surface area contributed by atoms with Gasteiger partial charge >= 0.3 is 0 Å². The number of hydrogen-bond donors (Lipinski definition) is 0. The maximum atomic E-state index is 6.19. The Hall–Kier alpha value is -1.38. The van der Waals surface area contributed by atoms with Crippen LogP contribution in [-0.2, 0) is 7.05 Å². The highest BCUT2D eigenvalue weighted by atomic mass is 35.5. The number of aromatic nitrogens is 1. The van der Waals surface area contributed by atoms with Gasteiger partial charge in [0.2, 0.25) is 0 Å². The quantitative estimate of drug-likeness (QED) is 0.633. The summed E-state index contributed by atoms with van der Waals surface area (Å²) in [6.45, 7) is 0. The van der Waals surface area contributed by atoms with Crippen molar-refractivity contribution in [3.8, 4) is 5.75 Å². The lowest BCUT2D eigenvalue weighted by Crippen LogP contribution is -1.88. The molecule has 2 aromatic carbocycles. The van der Waals surface area contributed by atoms with Crippen molar-refractivity contribution in [1.29, 1.82) is 0 Å². The molecule has 0 aliphatic rings. The number of benzene rings is 2. The zero-order valence-electron chi connectivity index (χ0n) is 10.00. The number of methoxy groups -OCH3 is 1. The fraction of sp³-hybridized carbons (Fsp3) is 0.143. The van der Waals surface area contributed by atoms with Gasteiger partial charge in [0, 0.05) is 34.4 Å². The minimum Gasteiger partial charge on any atom is -0.495 e. The molecule has 3 rings (SSSR count). The van der Waals surface area contributed by atoms with Gasteiger partial charge in [0.15, 0.2) is 0 Å². The Morgan fingerprint density at radius 3 is 2.44 bits per heavy atom. The van der Waals surface area contributed by atoms with E-state index < -0.39 is 0 Å². The van der Waals surface area contributed by atoms with Crippen LogP contribution in [0.2, 0.25) is 10.0 Å². The second-order valence-corrected chi connectivity index (χ2v) is 5.07. The Morgan fingerprint density at radius 2 is 1.72 bits per heavy atom. The molecule has 0 aliphatic heterocycles. The average Bonchev–Trinajstić information content (AvgIpc) is 2.61. The second kappa shape index (κ2) is 4.08. The van der Waals surface area contributed by atoms with Crippen molar-refractivity contribution in [3.63, 3.8) is 0 Å². The van der Waals surface area contributed by atoms with E-state index in [0.29, 0.717) is 10.8 Å². The average molecular weight is 280 g/mol. The summed E-state index contributed by atoms with van der Waals surface area (Å²) in [7, 11) is 3.64. The van der Waals surface area contributed by atoms with E-state index in [0.717, 1.165) is 26.8 Å². The lowest BCUT2D eigenvalue weighted by Gasteiger charge is -2.04. The van der Waals surface area contributed by atoms with Crippen LogP contribution in [0, 0.1) is 0 Å². The first-order chi connectivity index (χ1) is 8.61. The predicted molar refractivity (Wildman–Crippen MR) is 77.0 cm³/mol. The van der Waals surface area contributed by atoms with Crippen LogP contribution in [0.15, 0.2) is 30.3 Å². The Balaban J connectivity index is 2.52. The van der Waals surface area contributed by atoms with Gasteiger partial charge in [-0.05, 0) is 24.3 Å². The van der Waals surface area contributed by atoms with Crippen LogP contribution in [0.25, 0.3) is 21.8 Å². The van der Waals surface area contributed by atoms with Gasteiger partial charge in [-0.25, -0.2) is 0 Å². The van der Waals surface area contributed by atoms with Gasteiger partial charge in [-0.3, -0.25) is 0 Å². The van der Waals surface area contributed by atoms with E-state index in [-0.39, 0.29) is 0 Å². The molecule has 2 nitrogen and oxygen atoms in total. The summed E-state index contributed by atoms with van der Waals surface area (Å²) in [4.78, 5) is 0. The van der Waals surface area contributed by atoms with Crippen molar-refractivity contribution in [2.75, 3.05) is 7.11 Å². The van der Waals surface area contributed by atoms with Crippen molar-refractivity contribution < 1.29 is 4.74 Å². The van der Waals surface area contributed by atoms with E-state index in [9.17, 15) is 0 Å². The van der Waals surface area contributed by atoms with E-state index in [2.05, 4.69) is 4.57 Å². The summed E-state index contributed by atoms with van der Waals surface area (Å²) >= 11 is 12.2. The zero-order chi connectivity index (χ0) is 12.9. The standard InChI is InChI=1S/C14H11Cl2NO/c1-17-12-4-3-8(15)5-9(12)10-6-11(16)14(18-2)7-13(10)17/h3-7H,1-2H3. The van der Waals surface area contributed by atoms with Crippen molar-refractivity contribution in [1.82, 2.24) is 4.57 Å². The van der Waals surface area contributed by atoms with Gasteiger partial charge < -0.3 is 9.30 Å². The molecule has 0 N–H and O–H groups in total. The number of rotatable bonds is 1. The summed E-state index contributed by atoms with van der Waals surface area (Å²) < 4.78 is 7.37. The topological polar surface area (TPSA) is 14.2 Å². The highest BCUT2D eigenvalue weighted by Gasteiger charge is 2.12. The molecule has 3 aromatic rings.